The zero-order valence-electron chi connectivity index (χ0n) is 12.3. The molecule has 2 unspecified atom stereocenters. The average Bonchev–Trinajstić information content (AvgIpc) is 2.49. The normalized spacial score (nSPS) is 13.7. The van der Waals surface area contributed by atoms with Gasteiger partial charge in [-0.2, -0.15) is 0 Å². The molecule has 0 aliphatic carbocycles. The monoisotopic (exact) mass is 305 g/mol. The summed E-state index contributed by atoms with van der Waals surface area (Å²) in [6.45, 7) is 2.35. The molecule has 3 nitrogen and oxygen atoms in total. The van der Waals surface area contributed by atoms with Gasteiger partial charge in [-0.3, -0.25) is 0 Å². The molecule has 0 fully saturated rings. The van der Waals surface area contributed by atoms with Crippen molar-refractivity contribution in [1.29, 1.82) is 0 Å². The van der Waals surface area contributed by atoms with Crippen molar-refractivity contribution in [1.82, 2.24) is 0 Å². The summed E-state index contributed by atoms with van der Waals surface area (Å²) in [6.07, 6.45) is -0.212. The molecule has 112 valence electrons. The fourth-order valence-corrected chi connectivity index (χ4v) is 2.36. The molecule has 2 atom stereocenters. The van der Waals surface area contributed by atoms with Gasteiger partial charge in [-0.05, 0) is 36.2 Å². The van der Waals surface area contributed by atoms with Crippen molar-refractivity contribution in [2.75, 3.05) is 7.11 Å². The van der Waals surface area contributed by atoms with Crippen molar-refractivity contribution in [3.63, 3.8) is 0 Å². The van der Waals surface area contributed by atoms with E-state index in [1.165, 1.54) is 0 Å². The van der Waals surface area contributed by atoms with E-state index in [0.29, 0.717) is 11.6 Å². The summed E-state index contributed by atoms with van der Waals surface area (Å²) < 4.78 is 11.2. The Morgan fingerprint density at radius 1 is 1.14 bits per heavy atom. The standard InChI is InChI=1S/C17H20ClNO2/c1-12(19)17(13-7-5-8-15(10-13)20-2)21-11-14-6-3-4-9-16(14)18/h3-10,12,17H,11,19H2,1-2H3. The Bertz CT molecular complexity index is 587. The van der Waals surface area contributed by atoms with E-state index < -0.39 is 0 Å². The van der Waals surface area contributed by atoms with E-state index in [2.05, 4.69) is 0 Å². The van der Waals surface area contributed by atoms with Crippen LogP contribution in [-0.2, 0) is 11.3 Å². The molecule has 21 heavy (non-hydrogen) atoms. The third kappa shape index (κ3) is 4.21. The molecule has 0 bridgehead atoms. The molecule has 0 heterocycles. The van der Waals surface area contributed by atoms with Crippen molar-refractivity contribution in [3.8, 4) is 5.75 Å². The molecule has 0 saturated heterocycles. The topological polar surface area (TPSA) is 44.5 Å². The van der Waals surface area contributed by atoms with Crippen molar-refractivity contribution < 1.29 is 9.47 Å². The predicted octanol–water partition coefficient (Wildman–Crippen LogP) is 3.95. The molecule has 4 heteroatoms. The second-order valence-corrected chi connectivity index (χ2v) is 5.37. The molecule has 2 aromatic carbocycles. The Kier molecular flexibility index (Phi) is 5.62. The van der Waals surface area contributed by atoms with Crippen LogP contribution in [0.3, 0.4) is 0 Å². The quantitative estimate of drug-likeness (QED) is 0.878. The molecule has 0 aromatic heterocycles. The third-order valence-corrected chi connectivity index (χ3v) is 3.64. The maximum absolute atomic E-state index is 6.15. The van der Waals surface area contributed by atoms with E-state index in [1.807, 2.05) is 55.5 Å². The van der Waals surface area contributed by atoms with E-state index in [0.717, 1.165) is 16.9 Å². The molecule has 0 radical (unpaired) electrons. The Hall–Kier alpha value is -1.55. The van der Waals surface area contributed by atoms with Gasteiger partial charge in [0.05, 0.1) is 19.8 Å². The van der Waals surface area contributed by atoms with Crippen molar-refractivity contribution in [2.24, 2.45) is 5.73 Å². The fourth-order valence-electron chi connectivity index (χ4n) is 2.17. The van der Waals surface area contributed by atoms with Crippen LogP contribution in [0, 0.1) is 0 Å². The second-order valence-electron chi connectivity index (χ2n) is 4.96. The summed E-state index contributed by atoms with van der Waals surface area (Å²) >= 11 is 6.15. The molecule has 2 aromatic rings. The van der Waals surface area contributed by atoms with Crippen LogP contribution < -0.4 is 10.5 Å². The smallest absolute Gasteiger partial charge is 0.119 e. The van der Waals surface area contributed by atoms with Gasteiger partial charge in [-0.1, -0.05) is 41.9 Å². The molecule has 0 aliphatic heterocycles. The highest BCUT2D eigenvalue weighted by atomic mass is 35.5. The summed E-state index contributed by atoms with van der Waals surface area (Å²) in [6, 6.07) is 15.3. The molecular weight excluding hydrogens is 286 g/mol. The van der Waals surface area contributed by atoms with Gasteiger partial charge in [0.25, 0.3) is 0 Å². The maximum Gasteiger partial charge on any atom is 0.119 e. The van der Waals surface area contributed by atoms with Crippen LogP contribution in [0.5, 0.6) is 5.75 Å². The Labute approximate surface area is 130 Å². The van der Waals surface area contributed by atoms with Gasteiger partial charge < -0.3 is 15.2 Å². The van der Waals surface area contributed by atoms with Gasteiger partial charge in [0.15, 0.2) is 0 Å². The molecule has 0 spiro atoms. The fraction of sp³-hybridized carbons (Fsp3) is 0.294. The van der Waals surface area contributed by atoms with E-state index in [9.17, 15) is 0 Å². The first-order chi connectivity index (χ1) is 10.1. The van der Waals surface area contributed by atoms with E-state index >= 15 is 0 Å². The highest BCUT2D eigenvalue weighted by molar-refractivity contribution is 6.31. The molecule has 0 amide bonds. The van der Waals surface area contributed by atoms with Crippen molar-refractivity contribution in [2.45, 2.75) is 25.7 Å². The number of hydrogen-bond donors (Lipinski definition) is 1. The zero-order chi connectivity index (χ0) is 15.2. The average molecular weight is 306 g/mol. The SMILES string of the molecule is COc1cccc(C(OCc2ccccc2Cl)C(C)N)c1. The van der Waals surface area contributed by atoms with Gasteiger partial charge in [0, 0.05) is 11.1 Å². The Balaban J connectivity index is 2.14. The minimum atomic E-state index is -0.212. The van der Waals surface area contributed by atoms with Crippen LogP contribution in [-0.4, -0.2) is 13.2 Å². The summed E-state index contributed by atoms with van der Waals surface area (Å²) in [5.74, 6) is 0.791. The van der Waals surface area contributed by atoms with Crippen LogP contribution in [0.4, 0.5) is 0 Å². The largest absolute Gasteiger partial charge is 0.497 e. The first kappa shape index (κ1) is 15.8. The molecule has 2 N–H and O–H groups in total. The van der Waals surface area contributed by atoms with E-state index in [1.54, 1.807) is 7.11 Å². The lowest BCUT2D eigenvalue weighted by molar-refractivity contribution is 0.0258. The third-order valence-electron chi connectivity index (χ3n) is 3.28. The lowest BCUT2D eigenvalue weighted by atomic mass is 10.0. The Morgan fingerprint density at radius 3 is 2.57 bits per heavy atom. The van der Waals surface area contributed by atoms with Crippen LogP contribution >= 0.6 is 11.6 Å². The lowest BCUT2D eigenvalue weighted by Crippen LogP contribution is -2.27. The van der Waals surface area contributed by atoms with Gasteiger partial charge in [0.2, 0.25) is 0 Å². The Morgan fingerprint density at radius 2 is 1.90 bits per heavy atom. The van der Waals surface area contributed by atoms with Crippen LogP contribution in [0.15, 0.2) is 48.5 Å². The highest BCUT2D eigenvalue weighted by Crippen LogP contribution is 2.26. The molecule has 2 rings (SSSR count). The molecule has 0 saturated carbocycles. The number of ether oxygens (including phenoxy) is 2. The molecule has 0 aliphatic rings. The lowest BCUT2D eigenvalue weighted by Gasteiger charge is -2.22. The van der Waals surface area contributed by atoms with Crippen molar-refractivity contribution >= 4 is 11.6 Å². The van der Waals surface area contributed by atoms with E-state index in [4.69, 9.17) is 26.8 Å². The highest BCUT2D eigenvalue weighted by Gasteiger charge is 2.18. The first-order valence-electron chi connectivity index (χ1n) is 6.86. The predicted molar refractivity (Wildman–Crippen MR) is 85.6 cm³/mol. The summed E-state index contributed by atoms with van der Waals surface area (Å²) in [5.41, 5.74) is 8.01. The first-order valence-corrected chi connectivity index (χ1v) is 7.24. The number of nitrogens with two attached hydrogens (primary N) is 1. The second kappa shape index (κ2) is 7.46. The zero-order valence-corrected chi connectivity index (χ0v) is 13.0. The number of benzene rings is 2. The number of methoxy groups -OCH3 is 1. The minimum absolute atomic E-state index is 0.139. The summed E-state index contributed by atoms with van der Waals surface area (Å²) in [4.78, 5) is 0. The molecular formula is C17H20ClNO2. The number of halogens is 1. The van der Waals surface area contributed by atoms with E-state index in [-0.39, 0.29) is 12.1 Å². The van der Waals surface area contributed by atoms with Gasteiger partial charge in [-0.15, -0.1) is 0 Å². The van der Waals surface area contributed by atoms with Gasteiger partial charge in [-0.25, -0.2) is 0 Å². The van der Waals surface area contributed by atoms with Gasteiger partial charge >= 0.3 is 0 Å². The number of hydrogen-bond acceptors (Lipinski definition) is 3. The van der Waals surface area contributed by atoms with Gasteiger partial charge in [0.1, 0.15) is 5.75 Å². The summed E-state index contributed by atoms with van der Waals surface area (Å²) in [7, 11) is 1.64. The maximum atomic E-state index is 6.15. The number of rotatable bonds is 6. The van der Waals surface area contributed by atoms with Crippen LogP contribution in [0.25, 0.3) is 0 Å². The van der Waals surface area contributed by atoms with Crippen LogP contribution in [0.1, 0.15) is 24.2 Å². The minimum Gasteiger partial charge on any atom is -0.497 e. The summed E-state index contributed by atoms with van der Waals surface area (Å²) in [5, 5.41) is 0.701. The van der Waals surface area contributed by atoms with Crippen LogP contribution in [0.2, 0.25) is 5.02 Å². The van der Waals surface area contributed by atoms with Crippen molar-refractivity contribution in [3.05, 3.63) is 64.7 Å².